The van der Waals surface area contributed by atoms with E-state index < -0.39 is 16.0 Å². The van der Waals surface area contributed by atoms with Crippen molar-refractivity contribution in [3.8, 4) is 0 Å². The van der Waals surface area contributed by atoms with Gasteiger partial charge in [0.2, 0.25) is 10.0 Å². The van der Waals surface area contributed by atoms with E-state index in [1.165, 1.54) is 11.5 Å². The second-order valence-corrected chi connectivity index (χ2v) is 8.89. The number of aliphatic carboxylic acids is 1. The van der Waals surface area contributed by atoms with Gasteiger partial charge >= 0.3 is 5.97 Å². The molecule has 0 amide bonds. The first-order valence-corrected chi connectivity index (χ1v) is 11.1. The van der Waals surface area contributed by atoms with Crippen LogP contribution in [-0.4, -0.2) is 25.5 Å². The average Bonchev–Trinajstić information content (AvgIpc) is 2.60. The Balaban J connectivity index is 1.84. The normalized spacial score (nSPS) is 21.1. The van der Waals surface area contributed by atoms with Crippen LogP contribution in [0.3, 0.4) is 0 Å². The summed E-state index contributed by atoms with van der Waals surface area (Å²) in [4.78, 5) is 10.5. The van der Waals surface area contributed by atoms with Gasteiger partial charge in [-0.05, 0) is 61.8 Å². The van der Waals surface area contributed by atoms with E-state index in [0.29, 0.717) is 17.4 Å². The van der Waals surface area contributed by atoms with Crippen LogP contribution in [0.1, 0.15) is 50.5 Å². The zero-order valence-electron chi connectivity index (χ0n) is 15.2. The molecule has 1 aliphatic rings. The number of carboxylic acids is 1. The second-order valence-electron chi connectivity index (χ2n) is 6.86. The number of benzene rings is 1. The summed E-state index contributed by atoms with van der Waals surface area (Å²) in [5.41, 5.74) is 0.735. The summed E-state index contributed by atoms with van der Waals surface area (Å²) < 4.78 is 27.4. The van der Waals surface area contributed by atoms with Crippen LogP contribution < -0.4 is 4.72 Å². The molecule has 2 rings (SSSR count). The maximum absolute atomic E-state index is 12.3. The molecule has 2 atom stereocenters. The van der Waals surface area contributed by atoms with E-state index in [4.69, 9.17) is 16.7 Å². The maximum atomic E-state index is 12.3. The van der Waals surface area contributed by atoms with Gasteiger partial charge in [-0.25, -0.2) is 13.1 Å². The minimum atomic E-state index is -3.52. The van der Waals surface area contributed by atoms with Crippen molar-refractivity contribution in [2.75, 3.05) is 0 Å². The van der Waals surface area contributed by atoms with E-state index in [1.54, 1.807) is 24.3 Å². The highest BCUT2D eigenvalue weighted by atomic mass is 35.5. The van der Waals surface area contributed by atoms with Crippen molar-refractivity contribution in [1.82, 2.24) is 4.72 Å². The molecule has 0 saturated heterocycles. The Morgan fingerprint density at radius 1 is 1.33 bits per heavy atom. The van der Waals surface area contributed by atoms with Crippen molar-refractivity contribution in [2.24, 2.45) is 5.92 Å². The third-order valence-electron chi connectivity index (χ3n) is 4.50. The molecule has 2 N–H and O–H groups in total. The highest BCUT2D eigenvalue weighted by molar-refractivity contribution is 7.92. The summed E-state index contributed by atoms with van der Waals surface area (Å²) in [5, 5.41) is 10.4. The number of sulfonamides is 1. The predicted octanol–water partition coefficient (Wildman–Crippen LogP) is 4.60. The molecule has 0 spiro atoms. The third-order valence-corrected chi connectivity index (χ3v) is 5.90. The first-order valence-electron chi connectivity index (χ1n) is 9.18. The van der Waals surface area contributed by atoms with Gasteiger partial charge in [0.25, 0.3) is 0 Å². The van der Waals surface area contributed by atoms with Crippen LogP contribution in [0.2, 0.25) is 5.02 Å². The van der Waals surface area contributed by atoms with E-state index in [-0.39, 0.29) is 12.5 Å². The molecular formula is C20H26ClNO4S. The Bertz CT molecular complexity index is 789. The number of hydrogen-bond donors (Lipinski definition) is 2. The zero-order valence-corrected chi connectivity index (χ0v) is 16.8. The summed E-state index contributed by atoms with van der Waals surface area (Å²) in [7, 11) is -3.52. The van der Waals surface area contributed by atoms with Gasteiger partial charge in [0, 0.05) is 22.9 Å². The number of allylic oxidation sites excluding steroid dienone is 2. The number of hydrogen-bond acceptors (Lipinski definition) is 3. The minimum absolute atomic E-state index is 0.0820. The first-order chi connectivity index (χ1) is 12.8. The van der Waals surface area contributed by atoms with Crippen LogP contribution in [-0.2, 0) is 14.8 Å². The SMILES string of the molecule is O=C(O)CCCC=CC1CCCC(NS(=O)(=O)C=Cc2cccc(Cl)c2)C1. The van der Waals surface area contributed by atoms with Gasteiger partial charge in [-0.15, -0.1) is 0 Å². The molecule has 7 heteroatoms. The molecule has 0 bridgehead atoms. The minimum Gasteiger partial charge on any atom is -0.481 e. The third kappa shape index (κ3) is 8.73. The maximum Gasteiger partial charge on any atom is 0.303 e. The quantitative estimate of drug-likeness (QED) is 0.459. The van der Waals surface area contributed by atoms with E-state index in [0.717, 1.165) is 37.7 Å². The van der Waals surface area contributed by atoms with Gasteiger partial charge in [-0.3, -0.25) is 4.79 Å². The van der Waals surface area contributed by atoms with E-state index >= 15 is 0 Å². The van der Waals surface area contributed by atoms with Crippen LogP contribution >= 0.6 is 11.6 Å². The van der Waals surface area contributed by atoms with Crippen LogP contribution in [0.5, 0.6) is 0 Å². The van der Waals surface area contributed by atoms with Crippen LogP contribution in [0.25, 0.3) is 6.08 Å². The number of carbonyl (C=O) groups is 1. The lowest BCUT2D eigenvalue weighted by atomic mass is 9.86. The van der Waals surface area contributed by atoms with E-state index in [1.807, 2.05) is 6.08 Å². The fourth-order valence-electron chi connectivity index (χ4n) is 3.22. The van der Waals surface area contributed by atoms with Crippen molar-refractivity contribution in [3.63, 3.8) is 0 Å². The van der Waals surface area contributed by atoms with Crippen LogP contribution in [0, 0.1) is 5.92 Å². The van der Waals surface area contributed by atoms with Gasteiger partial charge in [0.05, 0.1) is 0 Å². The molecule has 1 aliphatic carbocycles. The molecule has 1 saturated carbocycles. The van der Waals surface area contributed by atoms with Gasteiger partial charge < -0.3 is 5.11 Å². The number of rotatable bonds is 9. The summed E-state index contributed by atoms with van der Waals surface area (Å²) >= 11 is 5.91. The van der Waals surface area contributed by atoms with Gasteiger partial charge in [0.1, 0.15) is 0 Å². The van der Waals surface area contributed by atoms with Crippen molar-refractivity contribution in [3.05, 3.63) is 52.4 Å². The number of unbranched alkanes of at least 4 members (excludes halogenated alkanes) is 1. The Labute approximate surface area is 166 Å². The highest BCUT2D eigenvalue weighted by Crippen LogP contribution is 2.26. The molecule has 0 aromatic heterocycles. The summed E-state index contributed by atoms with van der Waals surface area (Å²) in [6.07, 6.45) is 10.8. The number of nitrogens with one attached hydrogen (secondary N) is 1. The largest absolute Gasteiger partial charge is 0.481 e. The Morgan fingerprint density at radius 2 is 2.15 bits per heavy atom. The molecule has 0 aliphatic heterocycles. The Hall–Kier alpha value is -1.63. The number of carboxylic acid groups (broad SMARTS) is 1. The Morgan fingerprint density at radius 3 is 2.89 bits per heavy atom. The Kier molecular flexibility index (Phi) is 8.54. The number of halogens is 1. The summed E-state index contributed by atoms with van der Waals surface area (Å²) in [6, 6.07) is 6.93. The van der Waals surface area contributed by atoms with E-state index in [2.05, 4.69) is 10.8 Å². The molecule has 0 radical (unpaired) electrons. The zero-order chi connectivity index (χ0) is 19.7. The molecule has 1 fully saturated rings. The predicted molar refractivity (Wildman–Crippen MR) is 109 cm³/mol. The van der Waals surface area contributed by atoms with Crippen molar-refractivity contribution in [2.45, 2.75) is 51.0 Å². The topological polar surface area (TPSA) is 83.5 Å². The van der Waals surface area contributed by atoms with Crippen molar-refractivity contribution >= 4 is 33.7 Å². The standard InChI is InChI=1S/C20H26ClNO4S/c21-18-9-4-7-17(14-18)12-13-27(25,26)22-19-10-5-8-16(15-19)6-2-1-3-11-20(23)24/h2,4,6-7,9,12-14,16,19,22H,1,3,5,8,10-11,15H2,(H,23,24). The molecule has 148 valence electrons. The lowest BCUT2D eigenvalue weighted by Crippen LogP contribution is -2.37. The van der Waals surface area contributed by atoms with Gasteiger partial charge in [-0.2, -0.15) is 0 Å². The van der Waals surface area contributed by atoms with Gasteiger partial charge in [-0.1, -0.05) is 42.3 Å². The average molecular weight is 412 g/mol. The highest BCUT2D eigenvalue weighted by Gasteiger charge is 2.23. The lowest BCUT2D eigenvalue weighted by molar-refractivity contribution is -0.137. The first kappa shape index (κ1) is 21.7. The van der Waals surface area contributed by atoms with Crippen LogP contribution in [0.15, 0.2) is 41.8 Å². The summed E-state index contributed by atoms with van der Waals surface area (Å²) in [5.74, 6) is -0.449. The molecular weight excluding hydrogens is 386 g/mol. The fraction of sp³-hybridized carbons (Fsp3) is 0.450. The smallest absolute Gasteiger partial charge is 0.303 e. The molecule has 0 heterocycles. The lowest BCUT2D eigenvalue weighted by Gasteiger charge is -2.27. The molecule has 5 nitrogen and oxygen atoms in total. The molecule has 2 unspecified atom stereocenters. The van der Waals surface area contributed by atoms with Crippen molar-refractivity contribution in [1.29, 1.82) is 0 Å². The van der Waals surface area contributed by atoms with Crippen molar-refractivity contribution < 1.29 is 18.3 Å². The summed E-state index contributed by atoms with van der Waals surface area (Å²) in [6.45, 7) is 0. The second kappa shape index (κ2) is 10.6. The fourth-order valence-corrected chi connectivity index (χ4v) is 4.51. The van der Waals surface area contributed by atoms with Gasteiger partial charge in [0.15, 0.2) is 0 Å². The molecule has 27 heavy (non-hydrogen) atoms. The van der Waals surface area contributed by atoms with Crippen LogP contribution in [0.4, 0.5) is 0 Å². The molecule has 1 aromatic rings. The monoisotopic (exact) mass is 411 g/mol. The van der Waals surface area contributed by atoms with E-state index in [9.17, 15) is 13.2 Å². The molecule has 1 aromatic carbocycles.